The monoisotopic (exact) mass is 302 g/mol. The molecule has 0 aliphatic heterocycles. The van der Waals surface area contributed by atoms with E-state index in [0.29, 0.717) is 11.6 Å². The van der Waals surface area contributed by atoms with Crippen LogP contribution in [-0.2, 0) is 4.79 Å². The van der Waals surface area contributed by atoms with Gasteiger partial charge in [-0.1, -0.05) is 30.5 Å². The summed E-state index contributed by atoms with van der Waals surface area (Å²) in [5.74, 6) is 0.0351. The molecule has 0 atom stereocenters. The van der Waals surface area contributed by atoms with E-state index in [-0.39, 0.29) is 23.7 Å². The normalized spacial score (nSPS) is 16.8. The van der Waals surface area contributed by atoms with Gasteiger partial charge in [0.05, 0.1) is 5.41 Å². The van der Waals surface area contributed by atoms with Crippen molar-refractivity contribution in [2.75, 3.05) is 11.9 Å². The first-order chi connectivity index (χ1) is 8.57. The summed E-state index contributed by atoms with van der Waals surface area (Å²) in [4.78, 5) is 12.4. The molecule has 0 unspecified atom stereocenters. The molecule has 0 saturated heterocycles. The lowest BCUT2D eigenvalue weighted by molar-refractivity contribution is -0.124. The average molecular weight is 303 g/mol. The van der Waals surface area contributed by atoms with Crippen LogP contribution in [0.1, 0.15) is 31.2 Å². The van der Waals surface area contributed by atoms with Crippen LogP contribution in [0.5, 0.6) is 0 Å². The summed E-state index contributed by atoms with van der Waals surface area (Å²) in [5, 5.41) is 3.61. The molecule has 0 bridgehead atoms. The topological polar surface area (TPSA) is 55.1 Å². The van der Waals surface area contributed by atoms with Crippen LogP contribution in [0.25, 0.3) is 0 Å². The van der Waals surface area contributed by atoms with Crippen LogP contribution in [-0.4, -0.2) is 12.5 Å². The van der Waals surface area contributed by atoms with Gasteiger partial charge in [0.25, 0.3) is 0 Å². The van der Waals surface area contributed by atoms with Gasteiger partial charge in [-0.15, -0.1) is 12.4 Å². The summed E-state index contributed by atoms with van der Waals surface area (Å²) in [7, 11) is 0. The predicted molar refractivity (Wildman–Crippen MR) is 82.0 cm³/mol. The smallest absolute Gasteiger partial charge is 0.231 e. The Morgan fingerprint density at radius 1 is 1.42 bits per heavy atom. The second kappa shape index (κ2) is 6.60. The van der Waals surface area contributed by atoms with Gasteiger partial charge < -0.3 is 11.1 Å². The maximum atomic E-state index is 12.4. The van der Waals surface area contributed by atoms with Crippen molar-refractivity contribution in [1.29, 1.82) is 0 Å². The minimum atomic E-state index is -0.380. The predicted octanol–water partition coefficient (Wildman–Crippen LogP) is 3.53. The first-order valence-corrected chi connectivity index (χ1v) is 6.73. The van der Waals surface area contributed by atoms with Gasteiger partial charge >= 0.3 is 0 Å². The maximum Gasteiger partial charge on any atom is 0.231 e. The summed E-state index contributed by atoms with van der Waals surface area (Å²) < 4.78 is 0. The fourth-order valence-electron chi connectivity index (χ4n) is 2.56. The average Bonchev–Trinajstić information content (AvgIpc) is 2.84. The Balaban J connectivity index is 0.00000180. The minimum absolute atomic E-state index is 0. The third-order valence-electron chi connectivity index (χ3n) is 3.88. The van der Waals surface area contributed by atoms with Crippen molar-refractivity contribution in [2.45, 2.75) is 32.6 Å². The van der Waals surface area contributed by atoms with E-state index in [1.165, 1.54) is 0 Å². The van der Waals surface area contributed by atoms with Crippen LogP contribution in [0.2, 0.25) is 5.02 Å². The highest BCUT2D eigenvalue weighted by Crippen LogP contribution is 2.38. The summed E-state index contributed by atoms with van der Waals surface area (Å²) >= 11 is 5.95. The van der Waals surface area contributed by atoms with Crippen molar-refractivity contribution in [1.82, 2.24) is 0 Å². The highest BCUT2D eigenvalue weighted by Gasteiger charge is 2.39. The molecule has 1 fully saturated rings. The quantitative estimate of drug-likeness (QED) is 0.897. The number of anilines is 1. The Morgan fingerprint density at radius 2 is 2.05 bits per heavy atom. The van der Waals surface area contributed by atoms with Crippen molar-refractivity contribution >= 4 is 35.6 Å². The third kappa shape index (κ3) is 3.41. The van der Waals surface area contributed by atoms with Crippen molar-refractivity contribution in [2.24, 2.45) is 11.1 Å². The molecule has 1 aromatic rings. The molecule has 1 amide bonds. The van der Waals surface area contributed by atoms with E-state index >= 15 is 0 Å². The lowest BCUT2D eigenvalue weighted by Gasteiger charge is -2.26. The number of amides is 1. The van der Waals surface area contributed by atoms with Crippen LogP contribution in [0, 0.1) is 12.3 Å². The molecule has 0 aromatic heterocycles. The van der Waals surface area contributed by atoms with Gasteiger partial charge in [-0.25, -0.2) is 0 Å². The molecule has 0 spiro atoms. The number of hydrogen-bond donors (Lipinski definition) is 2. The highest BCUT2D eigenvalue weighted by atomic mass is 35.5. The molecular weight excluding hydrogens is 283 g/mol. The second-order valence-corrected chi connectivity index (χ2v) is 5.54. The Hall–Kier alpha value is -0.770. The Labute approximate surface area is 125 Å². The van der Waals surface area contributed by atoms with Crippen molar-refractivity contribution in [3.63, 3.8) is 0 Å². The van der Waals surface area contributed by atoms with Crippen molar-refractivity contribution in [3.05, 3.63) is 28.8 Å². The molecule has 0 radical (unpaired) electrons. The number of rotatable bonds is 3. The Morgan fingerprint density at radius 3 is 2.63 bits per heavy atom. The molecule has 3 nitrogen and oxygen atoms in total. The van der Waals surface area contributed by atoms with Gasteiger partial charge in [-0.2, -0.15) is 0 Å². The standard InChI is InChI=1S/C14H19ClN2O.ClH/c1-10-4-5-11(15)8-12(10)17-13(18)14(9-16)6-2-3-7-14;/h4-5,8H,2-3,6-7,9,16H2,1H3,(H,17,18);1H. The zero-order valence-corrected chi connectivity index (χ0v) is 12.6. The van der Waals surface area contributed by atoms with E-state index in [2.05, 4.69) is 5.32 Å². The van der Waals surface area contributed by atoms with Gasteiger partial charge in [0.15, 0.2) is 0 Å². The molecule has 1 aromatic carbocycles. The highest BCUT2D eigenvalue weighted by molar-refractivity contribution is 6.31. The van der Waals surface area contributed by atoms with E-state index in [4.69, 9.17) is 17.3 Å². The molecule has 106 valence electrons. The van der Waals surface area contributed by atoms with Crippen molar-refractivity contribution in [3.8, 4) is 0 Å². The molecular formula is C14H20Cl2N2O. The van der Waals surface area contributed by atoms with Crippen LogP contribution >= 0.6 is 24.0 Å². The zero-order valence-electron chi connectivity index (χ0n) is 11.0. The van der Waals surface area contributed by atoms with Gasteiger partial charge in [0, 0.05) is 17.3 Å². The van der Waals surface area contributed by atoms with Gasteiger partial charge in [0.2, 0.25) is 5.91 Å². The first-order valence-electron chi connectivity index (χ1n) is 6.35. The largest absolute Gasteiger partial charge is 0.329 e. The maximum absolute atomic E-state index is 12.4. The number of halogens is 2. The Bertz CT molecular complexity index is 457. The lowest BCUT2D eigenvalue weighted by Crippen LogP contribution is -2.40. The second-order valence-electron chi connectivity index (χ2n) is 5.10. The van der Waals surface area contributed by atoms with Crippen molar-refractivity contribution < 1.29 is 4.79 Å². The van der Waals surface area contributed by atoms with E-state index in [9.17, 15) is 4.79 Å². The zero-order chi connectivity index (χ0) is 13.2. The van der Waals surface area contributed by atoms with Gasteiger partial charge in [-0.3, -0.25) is 4.79 Å². The molecule has 0 heterocycles. The molecule has 3 N–H and O–H groups in total. The van der Waals surface area contributed by atoms with E-state index in [0.717, 1.165) is 36.9 Å². The van der Waals surface area contributed by atoms with E-state index < -0.39 is 0 Å². The molecule has 2 rings (SSSR count). The lowest BCUT2D eigenvalue weighted by atomic mass is 9.85. The van der Waals surface area contributed by atoms with Crippen LogP contribution in [0.3, 0.4) is 0 Å². The molecule has 5 heteroatoms. The fourth-order valence-corrected chi connectivity index (χ4v) is 2.73. The SMILES string of the molecule is Cc1ccc(Cl)cc1NC(=O)C1(CN)CCCC1.Cl. The number of aryl methyl sites for hydroxylation is 1. The minimum Gasteiger partial charge on any atom is -0.329 e. The molecule has 1 aliphatic carbocycles. The number of carbonyl (C=O) groups is 1. The number of nitrogens with one attached hydrogen (secondary N) is 1. The number of hydrogen-bond acceptors (Lipinski definition) is 2. The van der Waals surface area contributed by atoms with Gasteiger partial charge in [0.1, 0.15) is 0 Å². The number of nitrogens with two attached hydrogens (primary N) is 1. The molecule has 19 heavy (non-hydrogen) atoms. The Kier molecular flexibility index (Phi) is 5.65. The molecule has 1 saturated carbocycles. The van der Waals surface area contributed by atoms with Crippen LogP contribution in [0.4, 0.5) is 5.69 Å². The summed E-state index contributed by atoms with van der Waals surface area (Å²) in [6.45, 7) is 2.37. The van der Waals surface area contributed by atoms with E-state index in [1.54, 1.807) is 6.07 Å². The summed E-state index contributed by atoms with van der Waals surface area (Å²) in [5.41, 5.74) is 7.22. The van der Waals surface area contributed by atoms with E-state index in [1.807, 2.05) is 19.1 Å². The number of benzene rings is 1. The fraction of sp³-hybridized carbons (Fsp3) is 0.500. The third-order valence-corrected chi connectivity index (χ3v) is 4.12. The van der Waals surface area contributed by atoms with Crippen LogP contribution in [0.15, 0.2) is 18.2 Å². The number of carbonyl (C=O) groups excluding carboxylic acids is 1. The molecule has 1 aliphatic rings. The van der Waals surface area contributed by atoms with Crippen LogP contribution < -0.4 is 11.1 Å². The summed E-state index contributed by atoms with van der Waals surface area (Å²) in [6, 6.07) is 5.51. The van der Waals surface area contributed by atoms with Gasteiger partial charge in [-0.05, 0) is 37.5 Å². The summed E-state index contributed by atoms with van der Waals surface area (Å²) in [6.07, 6.45) is 3.93. The first kappa shape index (κ1) is 16.3.